The van der Waals surface area contributed by atoms with E-state index in [4.69, 9.17) is 10.5 Å². The lowest BCUT2D eigenvalue weighted by molar-refractivity contribution is 0.171. The third-order valence-corrected chi connectivity index (χ3v) is 5.19. The number of hydrogen-bond donors (Lipinski definition) is 1. The summed E-state index contributed by atoms with van der Waals surface area (Å²) >= 11 is 0. The molecule has 0 aromatic heterocycles. The van der Waals surface area contributed by atoms with Crippen molar-refractivity contribution in [1.82, 2.24) is 4.31 Å². The summed E-state index contributed by atoms with van der Waals surface area (Å²) in [5.41, 5.74) is 6.68. The van der Waals surface area contributed by atoms with Crippen molar-refractivity contribution in [2.45, 2.75) is 37.8 Å². The Morgan fingerprint density at radius 3 is 2.15 bits per heavy atom. The maximum Gasteiger partial charge on any atom is 0.243 e. The van der Waals surface area contributed by atoms with Gasteiger partial charge in [0.05, 0.1) is 11.5 Å². The van der Waals surface area contributed by atoms with Gasteiger partial charge in [-0.05, 0) is 38.5 Å². The summed E-state index contributed by atoms with van der Waals surface area (Å²) < 4.78 is 31.6. The molecule has 0 bridgehead atoms. The first-order valence-electron chi connectivity index (χ1n) is 6.67. The number of ether oxygens (including phenoxy) is 1. The topological polar surface area (TPSA) is 72.6 Å². The van der Waals surface area contributed by atoms with E-state index in [-0.39, 0.29) is 17.0 Å². The van der Waals surface area contributed by atoms with Crippen LogP contribution in [-0.4, -0.2) is 39.0 Å². The van der Waals surface area contributed by atoms with Crippen LogP contribution < -0.4 is 5.73 Å². The smallest absolute Gasteiger partial charge is 0.243 e. The first-order chi connectivity index (χ1) is 9.30. The van der Waals surface area contributed by atoms with Crippen LogP contribution >= 0.6 is 0 Å². The summed E-state index contributed by atoms with van der Waals surface area (Å²) in [6.07, 6.45) is 0. The van der Waals surface area contributed by atoms with Gasteiger partial charge in [-0.3, -0.25) is 0 Å². The van der Waals surface area contributed by atoms with Gasteiger partial charge in [0.25, 0.3) is 0 Å². The van der Waals surface area contributed by atoms with Gasteiger partial charge in [-0.25, -0.2) is 8.42 Å². The Morgan fingerprint density at radius 1 is 1.20 bits per heavy atom. The second kappa shape index (κ2) is 7.17. The summed E-state index contributed by atoms with van der Waals surface area (Å²) in [6, 6.07) is 6.50. The minimum atomic E-state index is -3.50. The fraction of sp³-hybridized carbons (Fsp3) is 0.571. The van der Waals surface area contributed by atoms with Crippen molar-refractivity contribution < 1.29 is 13.2 Å². The number of benzene rings is 1. The molecular weight excluding hydrogens is 276 g/mol. The fourth-order valence-electron chi connectivity index (χ4n) is 1.92. The van der Waals surface area contributed by atoms with Gasteiger partial charge in [-0.1, -0.05) is 12.1 Å². The number of sulfonamides is 1. The Labute approximate surface area is 121 Å². The molecule has 0 heterocycles. The molecule has 2 N–H and O–H groups in total. The molecule has 0 amide bonds. The molecule has 114 valence electrons. The van der Waals surface area contributed by atoms with Crippen LogP contribution in [0.1, 0.15) is 32.4 Å². The lowest BCUT2D eigenvalue weighted by atomic mass is 10.1. The van der Waals surface area contributed by atoms with Crippen molar-refractivity contribution in [3.8, 4) is 0 Å². The van der Waals surface area contributed by atoms with Gasteiger partial charge in [0, 0.05) is 25.7 Å². The molecule has 0 radical (unpaired) electrons. The molecule has 6 heteroatoms. The molecule has 0 aliphatic heterocycles. The van der Waals surface area contributed by atoms with Gasteiger partial charge in [-0.15, -0.1) is 0 Å². The summed E-state index contributed by atoms with van der Waals surface area (Å²) in [7, 11) is -1.94. The van der Waals surface area contributed by atoms with E-state index in [9.17, 15) is 8.42 Å². The van der Waals surface area contributed by atoms with E-state index in [1.54, 1.807) is 31.4 Å². The Bertz CT molecular complexity index is 510. The van der Waals surface area contributed by atoms with E-state index in [1.165, 1.54) is 4.31 Å². The average molecular weight is 300 g/mol. The third kappa shape index (κ3) is 4.02. The number of hydrogen-bond acceptors (Lipinski definition) is 4. The minimum absolute atomic E-state index is 0.110. The monoisotopic (exact) mass is 300 g/mol. The third-order valence-electron chi connectivity index (χ3n) is 3.10. The zero-order valence-electron chi connectivity index (χ0n) is 12.5. The number of nitrogens with two attached hydrogens (primary N) is 1. The maximum atomic E-state index is 12.6. The van der Waals surface area contributed by atoms with E-state index in [1.807, 2.05) is 20.8 Å². The quantitative estimate of drug-likeness (QED) is 0.832. The molecule has 1 aromatic carbocycles. The molecule has 1 unspecified atom stereocenters. The van der Waals surface area contributed by atoms with Crippen molar-refractivity contribution >= 4 is 10.0 Å². The van der Waals surface area contributed by atoms with Crippen molar-refractivity contribution in [3.05, 3.63) is 29.8 Å². The van der Waals surface area contributed by atoms with E-state index in [0.29, 0.717) is 13.2 Å². The summed E-state index contributed by atoms with van der Waals surface area (Å²) in [6.45, 7) is 6.27. The molecule has 0 aliphatic rings. The van der Waals surface area contributed by atoms with Crippen LogP contribution in [0.4, 0.5) is 0 Å². The van der Waals surface area contributed by atoms with Gasteiger partial charge in [-0.2, -0.15) is 4.31 Å². The van der Waals surface area contributed by atoms with E-state index < -0.39 is 10.0 Å². The van der Waals surface area contributed by atoms with E-state index >= 15 is 0 Å². The largest absolute Gasteiger partial charge is 0.383 e. The highest BCUT2D eigenvalue weighted by atomic mass is 32.2. The molecule has 20 heavy (non-hydrogen) atoms. The number of nitrogens with zero attached hydrogens (tertiary/aromatic N) is 1. The van der Waals surface area contributed by atoms with Crippen LogP contribution in [-0.2, 0) is 14.8 Å². The van der Waals surface area contributed by atoms with Gasteiger partial charge in [0.2, 0.25) is 10.0 Å². The van der Waals surface area contributed by atoms with Gasteiger partial charge in [0.15, 0.2) is 0 Å². The highest BCUT2D eigenvalue weighted by Gasteiger charge is 2.26. The fourth-order valence-corrected chi connectivity index (χ4v) is 3.54. The van der Waals surface area contributed by atoms with Gasteiger partial charge >= 0.3 is 0 Å². The van der Waals surface area contributed by atoms with Crippen LogP contribution in [0.5, 0.6) is 0 Å². The van der Waals surface area contributed by atoms with Crippen molar-refractivity contribution in [2.24, 2.45) is 5.73 Å². The Balaban J connectivity index is 3.06. The molecule has 0 spiro atoms. The van der Waals surface area contributed by atoms with Gasteiger partial charge < -0.3 is 10.5 Å². The molecule has 1 rings (SSSR count). The maximum absolute atomic E-state index is 12.6. The normalized spacial score (nSPS) is 13.9. The lowest BCUT2D eigenvalue weighted by Gasteiger charge is -2.25. The predicted octanol–water partition coefficient (Wildman–Crippen LogP) is 1.75. The number of rotatable bonds is 7. The van der Waals surface area contributed by atoms with E-state index in [0.717, 1.165) is 5.56 Å². The SMILES string of the molecule is COCCN(C(C)C)S(=O)(=O)c1ccc(C(C)N)cc1. The van der Waals surface area contributed by atoms with Crippen LogP contribution in [0, 0.1) is 0 Å². The van der Waals surface area contributed by atoms with Crippen LogP contribution in [0.25, 0.3) is 0 Å². The second-order valence-corrected chi connectivity index (χ2v) is 6.95. The van der Waals surface area contributed by atoms with Crippen molar-refractivity contribution in [2.75, 3.05) is 20.3 Å². The molecule has 1 aromatic rings. The zero-order valence-corrected chi connectivity index (χ0v) is 13.4. The lowest BCUT2D eigenvalue weighted by Crippen LogP contribution is -2.39. The first kappa shape index (κ1) is 17.1. The molecule has 0 aliphatic carbocycles. The van der Waals surface area contributed by atoms with Crippen LogP contribution in [0.3, 0.4) is 0 Å². The molecule has 1 atom stereocenters. The van der Waals surface area contributed by atoms with Crippen molar-refractivity contribution in [3.63, 3.8) is 0 Å². The minimum Gasteiger partial charge on any atom is -0.383 e. The predicted molar refractivity (Wildman–Crippen MR) is 79.9 cm³/mol. The highest BCUT2D eigenvalue weighted by Crippen LogP contribution is 2.20. The number of methoxy groups -OCH3 is 1. The van der Waals surface area contributed by atoms with Crippen LogP contribution in [0.15, 0.2) is 29.2 Å². The molecular formula is C14H24N2O3S. The van der Waals surface area contributed by atoms with Gasteiger partial charge in [0.1, 0.15) is 0 Å². The molecule has 0 saturated carbocycles. The summed E-state index contributed by atoms with van der Waals surface area (Å²) in [5.74, 6) is 0. The Hall–Kier alpha value is -0.950. The summed E-state index contributed by atoms with van der Waals surface area (Å²) in [4.78, 5) is 0.284. The van der Waals surface area contributed by atoms with Crippen LogP contribution in [0.2, 0.25) is 0 Å². The molecule has 5 nitrogen and oxygen atoms in total. The second-order valence-electron chi connectivity index (χ2n) is 5.06. The Morgan fingerprint density at radius 2 is 1.75 bits per heavy atom. The molecule has 0 saturated heterocycles. The average Bonchev–Trinajstić information content (AvgIpc) is 2.38. The zero-order chi connectivity index (χ0) is 15.3. The van der Waals surface area contributed by atoms with Crippen molar-refractivity contribution in [1.29, 1.82) is 0 Å². The Kier molecular flexibility index (Phi) is 6.13. The van der Waals surface area contributed by atoms with E-state index in [2.05, 4.69) is 0 Å². The first-order valence-corrected chi connectivity index (χ1v) is 8.11. The molecule has 0 fully saturated rings. The standard InChI is InChI=1S/C14H24N2O3S/c1-11(2)16(9-10-19-4)20(17,18)14-7-5-13(6-8-14)12(3)15/h5-8,11-12H,9-10,15H2,1-4H3. The summed E-state index contributed by atoms with van der Waals surface area (Å²) in [5, 5.41) is 0. The highest BCUT2D eigenvalue weighted by molar-refractivity contribution is 7.89.